The number of aliphatic hydroxyl groups is 1. The number of rotatable bonds is 3. The first-order valence-corrected chi connectivity index (χ1v) is 11.3. The summed E-state index contributed by atoms with van der Waals surface area (Å²) in [6.07, 6.45) is 0.200. The van der Waals surface area contributed by atoms with Gasteiger partial charge in [0.15, 0.2) is 8.32 Å². The fraction of sp³-hybridized carbons (Fsp3) is 0.941. The van der Waals surface area contributed by atoms with Crippen LogP contribution in [0, 0.1) is 0 Å². The van der Waals surface area contributed by atoms with Crippen LogP contribution in [-0.2, 0) is 9.16 Å². The Hall–Kier alpha value is -0.593. The van der Waals surface area contributed by atoms with Gasteiger partial charge in [-0.15, -0.1) is 0 Å². The number of amides is 1. The van der Waals surface area contributed by atoms with Crippen molar-refractivity contribution in [1.82, 2.24) is 4.90 Å². The zero-order chi connectivity index (χ0) is 18.3. The van der Waals surface area contributed by atoms with Crippen molar-refractivity contribution < 1.29 is 19.1 Å². The van der Waals surface area contributed by atoms with E-state index in [1.165, 1.54) is 0 Å². The van der Waals surface area contributed by atoms with Crippen molar-refractivity contribution in [3.63, 3.8) is 0 Å². The van der Waals surface area contributed by atoms with E-state index >= 15 is 0 Å². The van der Waals surface area contributed by atoms with Crippen LogP contribution in [0.5, 0.6) is 0 Å². The van der Waals surface area contributed by atoms with Crippen LogP contribution in [0.15, 0.2) is 0 Å². The normalized spacial score (nSPS) is 26.5. The van der Waals surface area contributed by atoms with Gasteiger partial charge in [0.2, 0.25) is 0 Å². The lowest BCUT2D eigenvalue weighted by Gasteiger charge is -2.38. The second kappa shape index (κ2) is 6.37. The van der Waals surface area contributed by atoms with Crippen LogP contribution in [0.3, 0.4) is 0 Å². The molecule has 1 saturated heterocycles. The Kier molecular flexibility index (Phi) is 5.67. The molecule has 1 amide bonds. The average Bonchev–Trinajstić information content (AvgIpc) is 2.62. The van der Waals surface area contributed by atoms with Gasteiger partial charge in [-0.3, -0.25) is 4.90 Å². The smallest absolute Gasteiger partial charge is 0.410 e. The molecule has 1 fully saturated rings. The molecule has 1 rings (SSSR count). The molecule has 1 aliphatic heterocycles. The first kappa shape index (κ1) is 20.5. The number of carbonyl (C=O) groups excluding carboxylic acids is 1. The predicted molar refractivity (Wildman–Crippen MR) is 95.1 cm³/mol. The number of nitrogens with zero attached hydrogens (tertiary/aromatic N) is 1. The first-order valence-electron chi connectivity index (χ1n) is 8.41. The molecule has 0 aliphatic carbocycles. The highest BCUT2D eigenvalue weighted by atomic mass is 28.4. The first-order chi connectivity index (χ1) is 10.1. The minimum absolute atomic E-state index is 0.0550. The summed E-state index contributed by atoms with van der Waals surface area (Å²) in [5.41, 5.74) is -1.18. The summed E-state index contributed by atoms with van der Waals surface area (Å²) in [7, 11) is -1.92. The van der Waals surface area contributed by atoms with E-state index in [9.17, 15) is 9.90 Å². The number of ether oxygens (including phenoxy) is 1. The van der Waals surface area contributed by atoms with Gasteiger partial charge in [-0.1, -0.05) is 20.8 Å². The Labute approximate surface area is 142 Å². The second-order valence-electron chi connectivity index (χ2n) is 9.45. The molecule has 5 nitrogen and oxygen atoms in total. The summed E-state index contributed by atoms with van der Waals surface area (Å²) in [5, 5.41) is 9.94. The number of carbonyl (C=O) groups is 1. The van der Waals surface area contributed by atoms with E-state index in [0.29, 0.717) is 13.0 Å². The molecule has 0 unspecified atom stereocenters. The van der Waals surface area contributed by atoms with Crippen LogP contribution in [0.25, 0.3) is 0 Å². The van der Waals surface area contributed by atoms with Gasteiger partial charge >= 0.3 is 6.09 Å². The Bertz CT molecular complexity index is 439. The van der Waals surface area contributed by atoms with E-state index in [1.54, 1.807) is 4.90 Å². The second-order valence-corrected chi connectivity index (χ2v) is 14.2. The number of hydrogen-bond acceptors (Lipinski definition) is 4. The van der Waals surface area contributed by atoms with E-state index in [0.717, 1.165) is 0 Å². The van der Waals surface area contributed by atoms with Gasteiger partial charge < -0.3 is 14.3 Å². The molecule has 0 aromatic heterocycles. The zero-order valence-electron chi connectivity index (χ0n) is 16.3. The SMILES string of the molecule is CC(C)(C)OC(=O)N1C[C@H](O[Si](C)(C)C(C)(C)C)C[C@@]1(C)CO. The van der Waals surface area contributed by atoms with Crippen molar-refractivity contribution >= 4 is 14.4 Å². The van der Waals surface area contributed by atoms with Crippen LogP contribution in [0.1, 0.15) is 54.9 Å². The fourth-order valence-electron chi connectivity index (χ4n) is 2.52. The molecule has 1 heterocycles. The zero-order valence-corrected chi connectivity index (χ0v) is 17.3. The van der Waals surface area contributed by atoms with E-state index in [2.05, 4.69) is 33.9 Å². The van der Waals surface area contributed by atoms with Crippen molar-refractivity contribution in [1.29, 1.82) is 0 Å². The molecule has 0 radical (unpaired) electrons. The van der Waals surface area contributed by atoms with Crippen LogP contribution in [0.4, 0.5) is 4.79 Å². The van der Waals surface area contributed by atoms with Crippen LogP contribution < -0.4 is 0 Å². The Morgan fingerprint density at radius 3 is 2.17 bits per heavy atom. The molecule has 0 aromatic carbocycles. The lowest BCUT2D eigenvalue weighted by atomic mass is 10.00. The summed E-state index contributed by atoms with van der Waals surface area (Å²) in [6, 6.07) is 0. The molecular formula is C17H35NO4Si. The molecular weight excluding hydrogens is 310 g/mol. The molecule has 0 spiro atoms. The van der Waals surface area contributed by atoms with Crippen molar-refractivity contribution in [3.8, 4) is 0 Å². The molecule has 0 bridgehead atoms. The topological polar surface area (TPSA) is 59.0 Å². The van der Waals surface area contributed by atoms with Gasteiger partial charge in [-0.2, -0.15) is 0 Å². The quantitative estimate of drug-likeness (QED) is 0.791. The van der Waals surface area contributed by atoms with E-state index < -0.39 is 19.5 Å². The van der Waals surface area contributed by atoms with Crippen molar-refractivity contribution in [3.05, 3.63) is 0 Å². The van der Waals surface area contributed by atoms with Gasteiger partial charge in [0.1, 0.15) is 5.60 Å². The number of aliphatic hydroxyl groups excluding tert-OH is 1. The standard InChI is InChI=1S/C17H35NO4Si/c1-15(2,3)21-14(20)18-11-13(10-17(18,7)12-19)22-23(8,9)16(4,5)6/h13,19H,10-12H2,1-9H3/t13-,17+/m1/s1. The molecule has 6 heteroatoms. The van der Waals surface area contributed by atoms with E-state index in [1.807, 2.05) is 27.7 Å². The van der Waals surface area contributed by atoms with Gasteiger partial charge in [0.05, 0.1) is 18.2 Å². The van der Waals surface area contributed by atoms with Gasteiger partial charge in [-0.05, 0) is 52.2 Å². The highest BCUT2D eigenvalue weighted by molar-refractivity contribution is 6.74. The minimum Gasteiger partial charge on any atom is -0.444 e. The third kappa shape index (κ3) is 4.94. The maximum absolute atomic E-state index is 12.5. The highest BCUT2D eigenvalue weighted by Crippen LogP contribution is 2.40. The Balaban J connectivity index is 2.89. The van der Waals surface area contributed by atoms with Crippen molar-refractivity contribution in [2.45, 2.75) is 90.3 Å². The van der Waals surface area contributed by atoms with Gasteiger partial charge in [0.25, 0.3) is 0 Å². The predicted octanol–water partition coefficient (Wildman–Crippen LogP) is 3.77. The van der Waals surface area contributed by atoms with E-state index in [4.69, 9.17) is 9.16 Å². The molecule has 2 atom stereocenters. The lowest BCUT2D eigenvalue weighted by molar-refractivity contribution is -0.000359. The summed E-state index contributed by atoms with van der Waals surface area (Å²) in [4.78, 5) is 14.1. The Morgan fingerprint density at radius 1 is 1.26 bits per heavy atom. The Morgan fingerprint density at radius 2 is 1.78 bits per heavy atom. The minimum atomic E-state index is -1.92. The van der Waals surface area contributed by atoms with Crippen molar-refractivity contribution in [2.24, 2.45) is 0 Å². The number of hydrogen-bond donors (Lipinski definition) is 1. The van der Waals surface area contributed by atoms with Crippen LogP contribution >= 0.6 is 0 Å². The molecule has 23 heavy (non-hydrogen) atoms. The van der Waals surface area contributed by atoms with Gasteiger partial charge in [0, 0.05) is 6.54 Å². The summed E-state index contributed by atoms with van der Waals surface area (Å²) in [5.74, 6) is 0. The molecule has 0 aromatic rings. The molecule has 1 aliphatic rings. The summed E-state index contributed by atoms with van der Waals surface area (Å²) in [6.45, 7) is 18.8. The van der Waals surface area contributed by atoms with Gasteiger partial charge in [-0.25, -0.2) is 4.79 Å². The lowest BCUT2D eigenvalue weighted by Crippen LogP contribution is -2.49. The third-order valence-corrected chi connectivity index (χ3v) is 9.46. The van der Waals surface area contributed by atoms with Crippen molar-refractivity contribution in [2.75, 3.05) is 13.2 Å². The molecule has 136 valence electrons. The third-order valence-electron chi connectivity index (χ3n) is 4.93. The van der Waals surface area contributed by atoms with Crippen LogP contribution in [-0.4, -0.2) is 54.8 Å². The molecule has 1 N–H and O–H groups in total. The summed E-state index contributed by atoms with van der Waals surface area (Å²) < 4.78 is 11.9. The monoisotopic (exact) mass is 345 g/mol. The largest absolute Gasteiger partial charge is 0.444 e. The van der Waals surface area contributed by atoms with Crippen LogP contribution in [0.2, 0.25) is 18.1 Å². The molecule has 0 saturated carbocycles. The highest BCUT2D eigenvalue weighted by Gasteiger charge is 2.49. The summed E-state index contributed by atoms with van der Waals surface area (Å²) >= 11 is 0. The number of likely N-dealkylation sites (tertiary alicyclic amines) is 1. The van der Waals surface area contributed by atoms with E-state index in [-0.39, 0.29) is 23.8 Å². The maximum Gasteiger partial charge on any atom is 0.410 e. The fourth-order valence-corrected chi connectivity index (χ4v) is 3.87. The maximum atomic E-state index is 12.5. The average molecular weight is 346 g/mol.